The third kappa shape index (κ3) is 28.1. The summed E-state index contributed by atoms with van der Waals surface area (Å²) in [4.78, 5) is 41.8. The molecule has 0 spiro atoms. The molecule has 0 aromatic heterocycles. The number of amides is 2. The fraction of sp³-hybridized carbons (Fsp3) is 0.870. The van der Waals surface area contributed by atoms with Crippen LogP contribution < -0.4 is 5.32 Å². The quantitative estimate of drug-likeness (QED) is 0.0518. The molecule has 0 aliphatic carbocycles. The van der Waals surface area contributed by atoms with Crippen LogP contribution in [0.25, 0.3) is 20.9 Å². The molecule has 0 fully saturated rings. The maximum absolute atomic E-state index is 12.7. The van der Waals surface area contributed by atoms with Gasteiger partial charge in [-0.1, -0.05) is 10.2 Å². The van der Waals surface area contributed by atoms with Gasteiger partial charge in [0.05, 0.1) is 92.1 Å². The van der Waals surface area contributed by atoms with E-state index in [4.69, 9.17) is 44.6 Å². The fourth-order valence-electron chi connectivity index (χ4n) is 2.88. The summed E-state index contributed by atoms with van der Waals surface area (Å²) in [7, 11) is 0. The zero-order valence-corrected chi connectivity index (χ0v) is 23.4. The van der Waals surface area contributed by atoms with Gasteiger partial charge in [-0.3, -0.25) is 14.4 Å². The van der Waals surface area contributed by atoms with Gasteiger partial charge in [0.25, 0.3) is 0 Å². The molecule has 0 bridgehead atoms. The van der Waals surface area contributed by atoms with E-state index in [0.29, 0.717) is 59.5 Å². The number of carboxylic acid groups (broad SMARTS) is 1. The summed E-state index contributed by atoms with van der Waals surface area (Å²) in [5.74, 6) is -1.65. The van der Waals surface area contributed by atoms with Gasteiger partial charge in [0.15, 0.2) is 0 Å². The number of carbonyl (C=O) groups excluding carboxylic acids is 2. The SMILES string of the molecule is [N-]=[N+]=NCCOCCOCCOCCOCCC(=O)N(CCNC(=O)CCC(=O)O)CCOCCOCCN=[N+]=[N-]. The number of hydrogen-bond donors (Lipinski definition) is 2. The zero-order valence-electron chi connectivity index (χ0n) is 23.4. The van der Waals surface area contributed by atoms with E-state index in [2.05, 4.69) is 25.4 Å². The lowest BCUT2D eigenvalue weighted by Crippen LogP contribution is -2.40. The lowest BCUT2D eigenvalue weighted by molar-refractivity contribution is -0.138. The van der Waals surface area contributed by atoms with E-state index in [9.17, 15) is 14.4 Å². The number of nitrogens with zero attached hydrogens (tertiary/aromatic N) is 7. The Morgan fingerprint density at radius 1 is 0.634 bits per heavy atom. The number of azide groups is 2. The first-order valence-electron chi connectivity index (χ1n) is 13.3. The Balaban J connectivity index is 4.09. The molecule has 234 valence electrons. The molecule has 0 aliphatic heterocycles. The molecule has 41 heavy (non-hydrogen) atoms. The van der Waals surface area contributed by atoms with E-state index in [-0.39, 0.29) is 77.7 Å². The molecule has 0 aromatic rings. The summed E-state index contributed by atoms with van der Waals surface area (Å²) in [6, 6.07) is 0. The minimum absolute atomic E-state index is 0.123. The van der Waals surface area contributed by atoms with Gasteiger partial charge < -0.3 is 43.7 Å². The summed E-state index contributed by atoms with van der Waals surface area (Å²) in [5.41, 5.74) is 16.4. The normalized spacial score (nSPS) is 10.4. The number of carboxylic acids is 1. The van der Waals surface area contributed by atoms with Crippen molar-refractivity contribution in [3.63, 3.8) is 0 Å². The van der Waals surface area contributed by atoms with Crippen molar-refractivity contribution < 1.29 is 47.9 Å². The maximum Gasteiger partial charge on any atom is 0.303 e. The average Bonchev–Trinajstić information content (AvgIpc) is 2.96. The molecule has 0 atom stereocenters. The lowest BCUT2D eigenvalue weighted by Gasteiger charge is -2.23. The van der Waals surface area contributed by atoms with E-state index in [1.54, 1.807) is 0 Å². The van der Waals surface area contributed by atoms with Gasteiger partial charge in [-0.2, -0.15) is 0 Å². The van der Waals surface area contributed by atoms with Crippen molar-refractivity contribution in [1.82, 2.24) is 10.2 Å². The third-order valence-electron chi connectivity index (χ3n) is 4.87. The summed E-state index contributed by atoms with van der Waals surface area (Å²) in [6.07, 6.45) is -0.279. The van der Waals surface area contributed by atoms with Gasteiger partial charge >= 0.3 is 5.97 Å². The first-order valence-corrected chi connectivity index (χ1v) is 13.3. The monoisotopic (exact) mass is 590 g/mol. The molecule has 0 heterocycles. The topological polar surface area (TPSA) is 240 Å². The van der Waals surface area contributed by atoms with Crippen LogP contribution in [0.3, 0.4) is 0 Å². The van der Waals surface area contributed by atoms with Crippen molar-refractivity contribution in [1.29, 1.82) is 0 Å². The molecule has 0 aliphatic rings. The molecule has 0 saturated carbocycles. The highest BCUT2D eigenvalue weighted by atomic mass is 16.6. The molecule has 18 nitrogen and oxygen atoms in total. The molecule has 0 unspecified atom stereocenters. The van der Waals surface area contributed by atoms with Gasteiger partial charge in [-0.05, 0) is 11.1 Å². The molecule has 0 aromatic carbocycles. The van der Waals surface area contributed by atoms with E-state index >= 15 is 0 Å². The summed E-state index contributed by atoms with van der Waals surface area (Å²) < 4.78 is 32.2. The Morgan fingerprint density at radius 3 is 1.59 bits per heavy atom. The molecular weight excluding hydrogens is 548 g/mol. The molecule has 0 saturated heterocycles. The van der Waals surface area contributed by atoms with Gasteiger partial charge in [0.2, 0.25) is 11.8 Å². The van der Waals surface area contributed by atoms with Crippen molar-refractivity contribution in [2.24, 2.45) is 10.2 Å². The van der Waals surface area contributed by atoms with E-state index in [1.165, 1.54) is 4.90 Å². The Morgan fingerprint density at radius 2 is 1.10 bits per heavy atom. The van der Waals surface area contributed by atoms with Gasteiger partial charge in [0, 0.05) is 49.0 Å². The highest BCUT2D eigenvalue weighted by Crippen LogP contribution is 1.97. The second-order valence-corrected chi connectivity index (χ2v) is 7.96. The van der Waals surface area contributed by atoms with Crippen molar-refractivity contribution in [3.05, 3.63) is 20.9 Å². The molecule has 0 rings (SSSR count). The second kappa shape index (κ2) is 29.8. The Bertz CT molecular complexity index is 794. The van der Waals surface area contributed by atoms with Crippen molar-refractivity contribution in [2.45, 2.75) is 19.3 Å². The highest BCUT2D eigenvalue weighted by Gasteiger charge is 2.14. The lowest BCUT2D eigenvalue weighted by atomic mass is 10.3. The van der Waals surface area contributed by atoms with Gasteiger partial charge in [-0.15, -0.1) is 0 Å². The number of carbonyl (C=O) groups is 3. The number of rotatable bonds is 30. The van der Waals surface area contributed by atoms with Crippen LogP contribution in [-0.2, 0) is 42.8 Å². The summed E-state index contributed by atoms with van der Waals surface area (Å²) in [5, 5.41) is 18.0. The Kier molecular flexibility index (Phi) is 27.4. The van der Waals surface area contributed by atoms with Crippen LogP contribution in [0, 0.1) is 0 Å². The number of nitrogens with one attached hydrogen (secondary N) is 1. The fourth-order valence-corrected chi connectivity index (χ4v) is 2.88. The Hall–Kier alpha value is -3.21. The summed E-state index contributed by atoms with van der Waals surface area (Å²) in [6.45, 7) is 5.09. The molecule has 2 amide bonds. The number of ether oxygens (including phenoxy) is 6. The van der Waals surface area contributed by atoms with Gasteiger partial charge in [-0.25, -0.2) is 0 Å². The first kappa shape index (κ1) is 37.8. The molecule has 0 radical (unpaired) electrons. The van der Waals surface area contributed by atoms with Crippen LogP contribution in [0.1, 0.15) is 19.3 Å². The molecule has 2 N–H and O–H groups in total. The summed E-state index contributed by atoms with van der Waals surface area (Å²) >= 11 is 0. The first-order chi connectivity index (χ1) is 20.0. The molecule has 18 heteroatoms. The van der Waals surface area contributed by atoms with Gasteiger partial charge in [0.1, 0.15) is 0 Å². The third-order valence-corrected chi connectivity index (χ3v) is 4.87. The van der Waals surface area contributed by atoms with Crippen molar-refractivity contribution in [2.75, 3.05) is 112 Å². The minimum atomic E-state index is -1.06. The van der Waals surface area contributed by atoms with Crippen molar-refractivity contribution in [3.8, 4) is 0 Å². The number of aliphatic carboxylic acids is 1. The standard InChI is InChI=1S/C23H42N8O10/c24-29-27-5-10-37-14-16-39-12-8-31(7-4-26-21(32)1-2-23(34)35)22(33)3-9-36-13-17-40-19-20-41-18-15-38-11-6-28-30-25/h1-20H2,(H,26,32)(H,34,35). The highest BCUT2D eigenvalue weighted by molar-refractivity contribution is 5.80. The van der Waals surface area contributed by atoms with E-state index in [1.807, 2.05) is 0 Å². The van der Waals surface area contributed by atoms with Crippen molar-refractivity contribution >= 4 is 17.8 Å². The average molecular weight is 591 g/mol. The smallest absolute Gasteiger partial charge is 0.303 e. The van der Waals surface area contributed by atoms with Crippen LogP contribution >= 0.6 is 0 Å². The largest absolute Gasteiger partial charge is 0.481 e. The van der Waals surface area contributed by atoms with Crippen LogP contribution in [0.4, 0.5) is 0 Å². The number of hydrogen-bond acceptors (Lipinski definition) is 11. The maximum atomic E-state index is 12.7. The van der Waals surface area contributed by atoms with Crippen LogP contribution in [0.2, 0.25) is 0 Å². The second-order valence-electron chi connectivity index (χ2n) is 7.96. The zero-order chi connectivity index (χ0) is 30.2. The van der Waals surface area contributed by atoms with Crippen LogP contribution in [-0.4, -0.2) is 140 Å². The minimum Gasteiger partial charge on any atom is -0.481 e. The van der Waals surface area contributed by atoms with E-state index in [0.717, 1.165) is 0 Å². The predicted molar refractivity (Wildman–Crippen MR) is 144 cm³/mol. The van der Waals surface area contributed by atoms with Crippen LogP contribution in [0.5, 0.6) is 0 Å². The molecular formula is C23H42N8O10. The van der Waals surface area contributed by atoms with E-state index < -0.39 is 11.9 Å². The van der Waals surface area contributed by atoms with Crippen LogP contribution in [0.15, 0.2) is 10.2 Å². The predicted octanol–water partition coefficient (Wildman–Crippen LogP) is 0.906. The Labute approximate surface area is 238 Å².